The van der Waals surface area contributed by atoms with E-state index < -0.39 is 23.1 Å². The molecule has 0 aliphatic rings. The largest absolute Gasteiger partial charge is 0.370 e. The molecule has 0 rings (SSSR count). The van der Waals surface area contributed by atoms with Crippen LogP contribution >= 0.6 is 0 Å². The van der Waals surface area contributed by atoms with Crippen LogP contribution in [0.4, 0.5) is 0 Å². The molecule has 0 aliphatic carbocycles. The number of nitrogens with zero attached hydrogens (tertiary/aromatic N) is 2. The fraction of sp³-hybridized carbons (Fsp3) is 0.500. The average molecular weight is 194 g/mol. The maximum absolute atomic E-state index is 10.9. The second kappa shape index (κ2) is 4.24. The van der Waals surface area contributed by atoms with Crippen molar-refractivity contribution in [1.29, 1.82) is 10.5 Å². The van der Waals surface area contributed by atoms with Gasteiger partial charge in [0.05, 0.1) is 12.1 Å². The Balaban J connectivity index is 5.05. The quantitative estimate of drug-likeness (QED) is 0.594. The van der Waals surface area contributed by atoms with E-state index in [1.807, 2.05) is 0 Å². The molecule has 0 aromatic carbocycles. The number of carbonyl (C=O) groups excluding carboxylic acids is 2. The molecule has 0 fully saturated rings. The summed E-state index contributed by atoms with van der Waals surface area (Å²) in [5.41, 5.74) is 7.85. The van der Waals surface area contributed by atoms with Crippen molar-refractivity contribution in [3.63, 3.8) is 0 Å². The Morgan fingerprint density at radius 2 is 1.79 bits per heavy atom. The number of nitrogens with two attached hydrogens (primary N) is 2. The highest BCUT2D eigenvalue weighted by atomic mass is 16.1. The van der Waals surface area contributed by atoms with Gasteiger partial charge in [-0.1, -0.05) is 6.92 Å². The zero-order valence-electron chi connectivity index (χ0n) is 7.65. The van der Waals surface area contributed by atoms with E-state index in [1.165, 1.54) is 19.1 Å². The third kappa shape index (κ3) is 1.99. The number of hydrogen-bond acceptors (Lipinski definition) is 4. The Kier molecular flexibility index (Phi) is 3.61. The summed E-state index contributed by atoms with van der Waals surface area (Å²) < 4.78 is 0. The fourth-order valence-electron chi connectivity index (χ4n) is 1.05. The van der Waals surface area contributed by atoms with Crippen molar-refractivity contribution in [2.75, 3.05) is 0 Å². The summed E-state index contributed by atoms with van der Waals surface area (Å²) in [5.74, 6) is -2.56. The van der Waals surface area contributed by atoms with Gasteiger partial charge in [0.2, 0.25) is 11.3 Å². The minimum absolute atomic E-state index is 0.232. The van der Waals surface area contributed by atoms with Crippen LogP contribution in [-0.2, 0) is 9.59 Å². The number of nitriles is 2. The second-order valence-corrected chi connectivity index (χ2v) is 2.97. The smallest absolute Gasteiger partial charge is 0.252 e. The van der Waals surface area contributed by atoms with Gasteiger partial charge < -0.3 is 11.5 Å². The van der Waals surface area contributed by atoms with Crippen molar-refractivity contribution in [2.45, 2.75) is 13.3 Å². The first-order chi connectivity index (χ1) is 6.40. The SMILES string of the molecule is C[C@@H](CC(N)=O)C(C#N)(C#N)C(N)=O. The maximum Gasteiger partial charge on any atom is 0.252 e. The normalized spacial score (nSPS) is 12.2. The maximum atomic E-state index is 10.9. The van der Waals surface area contributed by atoms with Gasteiger partial charge in [-0.2, -0.15) is 10.5 Å². The van der Waals surface area contributed by atoms with Crippen LogP contribution < -0.4 is 11.5 Å². The molecule has 2 amide bonds. The van der Waals surface area contributed by atoms with Gasteiger partial charge in [-0.3, -0.25) is 9.59 Å². The Bertz CT molecular complexity index is 322. The molecule has 6 heteroatoms. The van der Waals surface area contributed by atoms with Crippen LogP contribution in [0.1, 0.15) is 13.3 Å². The molecule has 0 unspecified atom stereocenters. The molecular formula is C8H10N4O2. The molecule has 74 valence electrons. The summed E-state index contributed by atoms with van der Waals surface area (Å²) in [6, 6.07) is 3.05. The van der Waals surface area contributed by atoms with Crippen molar-refractivity contribution >= 4 is 11.8 Å². The van der Waals surface area contributed by atoms with E-state index in [4.69, 9.17) is 22.0 Å². The minimum atomic E-state index is -1.98. The lowest BCUT2D eigenvalue weighted by Crippen LogP contribution is -2.41. The summed E-state index contributed by atoms with van der Waals surface area (Å²) in [6.07, 6.45) is -0.232. The van der Waals surface area contributed by atoms with Gasteiger partial charge in [-0.05, 0) is 0 Å². The summed E-state index contributed by atoms with van der Waals surface area (Å²) in [4.78, 5) is 21.5. The number of amides is 2. The van der Waals surface area contributed by atoms with Crippen molar-refractivity contribution < 1.29 is 9.59 Å². The Hall–Kier alpha value is -2.08. The first-order valence-electron chi connectivity index (χ1n) is 3.81. The highest BCUT2D eigenvalue weighted by Crippen LogP contribution is 2.28. The summed E-state index contributed by atoms with van der Waals surface area (Å²) in [6.45, 7) is 1.40. The van der Waals surface area contributed by atoms with Gasteiger partial charge in [-0.25, -0.2) is 0 Å². The predicted octanol–water partition coefficient (Wildman–Crippen LogP) is -0.983. The fourth-order valence-corrected chi connectivity index (χ4v) is 1.05. The second-order valence-electron chi connectivity index (χ2n) is 2.97. The van der Waals surface area contributed by atoms with Crippen molar-refractivity contribution in [2.24, 2.45) is 22.8 Å². The number of primary amides is 2. The molecule has 0 aromatic heterocycles. The predicted molar refractivity (Wildman–Crippen MR) is 45.8 cm³/mol. The topological polar surface area (TPSA) is 134 Å². The molecule has 6 nitrogen and oxygen atoms in total. The molecule has 0 radical (unpaired) electrons. The first kappa shape index (κ1) is 11.9. The lowest BCUT2D eigenvalue weighted by atomic mass is 9.76. The Morgan fingerprint density at radius 1 is 1.36 bits per heavy atom. The number of carbonyl (C=O) groups is 2. The van der Waals surface area contributed by atoms with E-state index in [1.54, 1.807) is 0 Å². The molecule has 0 bridgehead atoms. The number of rotatable bonds is 4. The third-order valence-electron chi connectivity index (χ3n) is 1.99. The highest BCUT2D eigenvalue weighted by molar-refractivity contribution is 5.88. The van der Waals surface area contributed by atoms with Crippen LogP contribution in [0.5, 0.6) is 0 Å². The Morgan fingerprint density at radius 3 is 2.00 bits per heavy atom. The van der Waals surface area contributed by atoms with E-state index >= 15 is 0 Å². The first-order valence-corrected chi connectivity index (χ1v) is 3.81. The van der Waals surface area contributed by atoms with E-state index in [-0.39, 0.29) is 6.42 Å². The minimum Gasteiger partial charge on any atom is -0.370 e. The van der Waals surface area contributed by atoms with Crippen LogP contribution in [0.25, 0.3) is 0 Å². The van der Waals surface area contributed by atoms with Gasteiger partial charge in [0.25, 0.3) is 5.91 Å². The van der Waals surface area contributed by atoms with Crippen LogP contribution in [0.2, 0.25) is 0 Å². The number of hydrogen-bond donors (Lipinski definition) is 2. The van der Waals surface area contributed by atoms with Gasteiger partial charge >= 0.3 is 0 Å². The van der Waals surface area contributed by atoms with Gasteiger partial charge in [0.15, 0.2) is 0 Å². The molecular weight excluding hydrogens is 184 g/mol. The zero-order valence-corrected chi connectivity index (χ0v) is 7.65. The molecule has 0 aromatic rings. The molecule has 0 saturated heterocycles. The van der Waals surface area contributed by atoms with Crippen LogP contribution in [-0.4, -0.2) is 11.8 Å². The van der Waals surface area contributed by atoms with Gasteiger partial charge in [0, 0.05) is 12.3 Å². The summed E-state index contributed by atoms with van der Waals surface area (Å²) >= 11 is 0. The molecule has 0 spiro atoms. The standard InChI is InChI=1S/C8H10N4O2/c1-5(2-6(11)13)8(3-9,4-10)7(12)14/h5H,2H2,1H3,(H2,11,13)(H2,12,14)/t5-/m0/s1. The Labute approximate surface area is 81.1 Å². The van der Waals surface area contributed by atoms with E-state index in [0.717, 1.165) is 0 Å². The molecule has 0 heterocycles. The third-order valence-corrected chi connectivity index (χ3v) is 1.99. The van der Waals surface area contributed by atoms with Gasteiger partial charge in [-0.15, -0.1) is 0 Å². The highest BCUT2D eigenvalue weighted by Gasteiger charge is 2.43. The van der Waals surface area contributed by atoms with Gasteiger partial charge in [0.1, 0.15) is 0 Å². The molecule has 0 aliphatic heterocycles. The van der Waals surface area contributed by atoms with Crippen molar-refractivity contribution in [3.05, 3.63) is 0 Å². The summed E-state index contributed by atoms with van der Waals surface area (Å²) in [5, 5.41) is 17.4. The molecule has 4 N–H and O–H groups in total. The summed E-state index contributed by atoms with van der Waals surface area (Å²) in [7, 11) is 0. The monoisotopic (exact) mass is 194 g/mol. The van der Waals surface area contributed by atoms with E-state index in [9.17, 15) is 9.59 Å². The van der Waals surface area contributed by atoms with E-state index in [2.05, 4.69) is 0 Å². The molecule has 1 atom stereocenters. The van der Waals surface area contributed by atoms with E-state index in [0.29, 0.717) is 0 Å². The van der Waals surface area contributed by atoms with Crippen molar-refractivity contribution in [3.8, 4) is 12.1 Å². The van der Waals surface area contributed by atoms with Crippen molar-refractivity contribution in [1.82, 2.24) is 0 Å². The van der Waals surface area contributed by atoms with Crippen LogP contribution in [0.15, 0.2) is 0 Å². The van der Waals surface area contributed by atoms with Crippen LogP contribution in [0, 0.1) is 34.0 Å². The lowest BCUT2D eigenvalue weighted by Gasteiger charge is -2.20. The van der Waals surface area contributed by atoms with Crippen LogP contribution in [0.3, 0.4) is 0 Å². The lowest BCUT2D eigenvalue weighted by molar-refractivity contribution is -0.125. The molecule has 0 saturated carbocycles. The average Bonchev–Trinajstić information content (AvgIpc) is 2.05. The molecule has 14 heavy (non-hydrogen) atoms. The zero-order chi connectivity index (χ0) is 11.4.